The first-order chi connectivity index (χ1) is 8.99. The van der Waals surface area contributed by atoms with E-state index in [4.69, 9.17) is 9.63 Å². The SMILES string of the molecule is Cc1noc(C)c1C(=O)NC1CCCC(C(=O)O)C1. The fraction of sp³-hybridized carbons (Fsp3) is 0.615. The summed E-state index contributed by atoms with van der Waals surface area (Å²) in [5.74, 6) is -0.882. The maximum atomic E-state index is 12.1. The summed E-state index contributed by atoms with van der Waals surface area (Å²) in [6, 6.07) is -0.0870. The van der Waals surface area contributed by atoms with Crippen molar-refractivity contribution in [1.82, 2.24) is 10.5 Å². The summed E-state index contributed by atoms with van der Waals surface area (Å²) in [6.45, 7) is 3.40. The van der Waals surface area contributed by atoms with Gasteiger partial charge in [-0.15, -0.1) is 0 Å². The van der Waals surface area contributed by atoms with Crippen molar-refractivity contribution in [2.45, 2.75) is 45.6 Å². The Balaban J connectivity index is 2.01. The molecule has 1 aliphatic carbocycles. The molecular formula is C13H18N2O4. The molecule has 0 aromatic carbocycles. The van der Waals surface area contributed by atoms with E-state index in [9.17, 15) is 9.59 Å². The van der Waals surface area contributed by atoms with Gasteiger partial charge < -0.3 is 14.9 Å². The number of hydrogen-bond donors (Lipinski definition) is 2. The molecule has 1 heterocycles. The molecular weight excluding hydrogens is 248 g/mol. The molecule has 6 heteroatoms. The summed E-state index contributed by atoms with van der Waals surface area (Å²) < 4.78 is 4.96. The Labute approximate surface area is 111 Å². The molecule has 19 heavy (non-hydrogen) atoms. The van der Waals surface area contributed by atoms with Crippen LogP contribution < -0.4 is 5.32 Å². The molecule has 1 aliphatic rings. The molecule has 1 aromatic heterocycles. The minimum Gasteiger partial charge on any atom is -0.481 e. The zero-order valence-corrected chi connectivity index (χ0v) is 11.1. The lowest BCUT2D eigenvalue weighted by molar-refractivity contribution is -0.143. The van der Waals surface area contributed by atoms with E-state index in [1.807, 2.05) is 0 Å². The van der Waals surface area contributed by atoms with Gasteiger partial charge in [0.1, 0.15) is 11.3 Å². The average Bonchev–Trinajstić information content (AvgIpc) is 2.69. The zero-order valence-electron chi connectivity index (χ0n) is 11.1. The minimum atomic E-state index is -0.781. The lowest BCUT2D eigenvalue weighted by Gasteiger charge is -2.27. The van der Waals surface area contributed by atoms with Crippen molar-refractivity contribution in [3.63, 3.8) is 0 Å². The molecule has 2 unspecified atom stereocenters. The van der Waals surface area contributed by atoms with Gasteiger partial charge in [0.25, 0.3) is 5.91 Å². The van der Waals surface area contributed by atoms with Crippen LogP contribution in [-0.4, -0.2) is 28.2 Å². The fourth-order valence-corrected chi connectivity index (χ4v) is 2.61. The maximum absolute atomic E-state index is 12.1. The molecule has 6 nitrogen and oxygen atoms in total. The van der Waals surface area contributed by atoms with Crippen LogP contribution >= 0.6 is 0 Å². The van der Waals surface area contributed by atoms with Crippen molar-refractivity contribution in [3.8, 4) is 0 Å². The number of carbonyl (C=O) groups excluding carboxylic acids is 1. The van der Waals surface area contributed by atoms with Gasteiger partial charge in [-0.2, -0.15) is 0 Å². The average molecular weight is 266 g/mol. The number of aromatic nitrogens is 1. The third-order valence-corrected chi connectivity index (χ3v) is 3.62. The number of carboxylic acids is 1. The summed E-state index contributed by atoms with van der Waals surface area (Å²) in [5, 5.41) is 15.7. The van der Waals surface area contributed by atoms with Crippen LogP contribution in [0, 0.1) is 19.8 Å². The highest BCUT2D eigenvalue weighted by atomic mass is 16.5. The van der Waals surface area contributed by atoms with Crippen LogP contribution in [0.1, 0.15) is 47.5 Å². The third kappa shape index (κ3) is 2.94. The van der Waals surface area contributed by atoms with E-state index in [1.54, 1.807) is 13.8 Å². The number of nitrogens with one attached hydrogen (secondary N) is 1. The quantitative estimate of drug-likeness (QED) is 0.868. The Morgan fingerprint density at radius 1 is 1.37 bits per heavy atom. The highest BCUT2D eigenvalue weighted by molar-refractivity contribution is 5.96. The number of amides is 1. The van der Waals surface area contributed by atoms with Gasteiger partial charge in [-0.1, -0.05) is 11.6 Å². The predicted octanol–water partition coefficient (Wildman–Crippen LogP) is 1.66. The molecule has 1 amide bonds. The van der Waals surface area contributed by atoms with E-state index < -0.39 is 5.97 Å². The van der Waals surface area contributed by atoms with E-state index in [0.717, 1.165) is 12.8 Å². The van der Waals surface area contributed by atoms with Gasteiger partial charge in [0.2, 0.25) is 0 Å². The molecule has 0 saturated heterocycles. The number of hydrogen-bond acceptors (Lipinski definition) is 4. The van der Waals surface area contributed by atoms with E-state index in [-0.39, 0.29) is 17.9 Å². The van der Waals surface area contributed by atoms with Crippen molar-refractivity contribution < 1.29 is 19.2 Å². The van der Waals surface area contributed by atoms with Crippen molar-refractivity contribution in [3.05, 3.63) is 17.0 Å². The Kier molecular flexibility index (Phi) is 3.87. The van der Waals surface area contributed by atoms with Crippen molar-refractivity contribution in [2.75, 3.05) is 0 Å². The lowest BCUT2D eigenvalue weighted by atomic mass is 9.85. The first-order valence-corrected chi connectivity index (χ1v) is 6.45. The summed E-state index contributed by atoms with van der Waals surface area (Å²) in [4.78, 5) is 23.1. The number of carbonyl (C=O) groups is 2. The topological polar surface area (TPSA) is 92.4 Å². The van der Waals surface area contributed by atoms with E-state index in [2.05, 4.69) is 10.5 Å². The molecule has 1 saturated carbocycles. The number of carboxylic acid groups (broad SMARTS) is 1. The standard InChI is InChI=1S/C13H18N2O4/c1-7-11(8(2)19-15-7)12(16)14-10-5-3-4-9(6-10)13(17)18/h9-10H,3-6H2,1-2H3,(H,14,16)(H,17,18). The Morgan fingerprint density at radius 2 is 2.11 bits per heavy atom. The first kappa shape index (κ1) is 13.6. The molecule has 0 aliphatic heterocycles. The second-order valence-corrected chi connectivity index (χ2v) is 5.07. The Morgan fingerprint density at radius 3 is 2.68 bits per heavy atom. The van der Waals surface area contributed by atoms with Crippen LogP contribution in [0.4, 0.5) is 0 Å². The number of aryl methyl sites for hydroxylation is 2. The van der Waals surface area contributed by atoms with Crippen molar-refractivity contribution >= 4 is 11.9 Å². The lowest BCUT2D eigenvalue weighted by Crippen LogP contribution is -2.40. The molecule has 2 rings (SSSR count). The molecule has 2 atom stereocenters. The second kappa shape index (κ2) is 5.42. The Bertz CT molecular complexity index is 475. The van der Waals surface area contributed by atoms with Gasteiger partial charge in [-0.3, -0.25) is 9.59 Å². The Hall–Kier alpha value is -1.85. The van der Waals surface area contributed by atoms with Gasteiger partial charge in [0.05, 0.1) is 11.6 Å². The normalized spacial score (nSPS) is 23.1. The zero-order chi connectivity index (χ0) is 14.0. The molecule has 0 radical (unpaired) electrons. The molecule has 1 aromatic rings. The van der Waals surface area contributed by atoms with Crippen molar-refractivity contribution in [2.24, 2.45) is 5.92 Å². The highest BCUT2D eigenvalue weighted by Crippen LogP contribution is 2.25. The highest BCUT2D eigenvalue weighted by Gasteiger charge is 2.29. The van der Waals surface area contributed by atoms with Crippen LogP contribution in [0.5, 0.6) is 0 Å². The third-order valence-electron chi connectivity index (χ3n) is 3.62. The first-order valence-electron chi connectivity index (χ1n) is 6.45. The van der Waals surface area contributed by atoms with Gasteiger partial charge in [-0.25, -0.2) is 0 Å². The van der Waals surface area contributed by atoms with E-state index in [1.165, 1.54) is 0 Å². The van der Waals surface area contributed by atoms with Crippen LogP contribution in [0.3, 0.4) is 0 Å². The number of rotatable bonds is 3. The van der Waals surface area contributed by atoms with Crippen LogP contribution in [0.2, 0.25) is 0 Å². The summed E-state index contributed by atoms with van der Waals surface area (Å²) in [6.07, 6.45) is 2.82. The summed E-state index contributed by atoms with van der Waals surface area (Å²) in [5.41, 5.74) is 1.01. The molecule has 104 valence electrons. The van der Waals surface area contributed by atoms with Crippen LogP contribution in [-0.2, 0) is 4.79 Å². The monoisotopic (exact) mass is 266 g/mol. The van der Waals surface area contributed by atoms with Gasteiger partial charge in [0.15, 0.2) is 0 Å². The molecule has 1 fully saturated rings. The smallest absolute Gasteiger partial charge is 0.306 e. The second-order valence-electron chi connectivity index (χ2n) is 5.07. The van der Waals surface area contributed by atoms with Crippen LogP contribution in [0.15, 0.2) is 4.52 Å². The maximum Gasteiger partial charge on any atom is 0.306 e. The van der Waals surface area contributed by atoms with Gasteiger partial charge in [0, 0.05) is 6.04 Å². The fourth-order valence-electron chi connectivity index (χ4n) is 2.61. The van der Waals surface area contributed by atoms with Crippen LogP contribution in [0.25, 0.3) is 0 Å². The van der Waals surface area contributed by atoms with Gasteiger partial charge in [-0.05, 0) is 33.1 Å². The van der Waals surface area contributed by atoms with Gasteiger partial charge >= 0.3 is 5.97 Å². The van der Waals surface area contributed by atoms with E-state index in [0.29, 0.717) is 29.9 Å². The minimum absolute atomic E-state index is 0.0870. The molecule has 2 N–H and O–H groups in total. The molecule has 0 bridgehead atoms. The molecule has 0 spiro atoms. The number of nitrogens with zero attached hydrogens (tertiary/aromatic N) is 1. The summed E-state index contributed by atoms with van der Waals surface area (Å²) in [7, 11) is 0. The number of aliphatic carboxylic acids is 1. The largest absolute Gasteiger partial charge is 0.481 e. The van der Waals surface area contributed by atoms with E-state index >= 15 is 0 Å². The van der Waals surface area contributed by atoms with Crippen molar-refractivity contribution in [1.29, 1.82) is 0 Å². The summed E-state index contributed by atoms with van der Waals surface area (Å²) >= 11 is 0. The predicted molar refractivity (Wildman–Crippen MR) is 66.8 cm³/mol.